The monoisotopic (exact) mass is 423 g/mol. The molecule has 1 aliphatic heterocycles. The van der Waals surface area contributed by atoms with Gasteiger partial charge in [-0.25, -0.2) is 0 Å². The van der Waals surface area contributed by atoms with E-state index in [0.717, 1.165) is 0 Å². The normalized spacial score (nSPS) is 16.8. The fourth-order valence-corrected chi connectivity index (χ4v) is 3.14. The molecule has 1 atom stereocenters. The standard InChI is InChI=1S/C19H22ClN3O4S/c1-12(2)27-17(25)11-15-18(26)21-9-10-23(15)19(28)22-16(24)8-7-13-5-3-4-6-14(13)20/h3-8,12,15H,9-11H2,1-2H3,(H,21,26)(H,22,24,28)/b8-7+. The van der Waals surface area contributed by atoms with E-state index in [0.29, 0.717) is 23.7 Å². The van der Waals surface area contributed by atoms with Crippen LogP contribution in [0.4, 0.5) is 0 Å². The molecular weight excluding hydrogens is 402 g/mol. The van der Waals surface area contributed by atoms with E-state index in [1.54, 1.807) is 44.2 Å². The first-order chi connectivity index (χ1) is 13.3. The third-order valence-corrected chi connectivity index (χ3v) is 4.55. The number of hydrogen-bond acceptors (Lipinski definition) is 5. The molecule has 0 saturated carbocycles. The van der Waals surface area contributed by atoms with E-state index < -0.39 is 17.9 Å². The second kappa shape index (κ2) is 10.2. The van der Waals surface area contributed by atoms with Crippen molar-refractivity contribution in [3.63, 3.8) is 0 Å². The highest BCUT2D eigenvalue weighted by Crippen LogP contribution is 2.16. The zero-order valence-electron chi connectivity index (χ0n) is 15.6. The Morgan fingerprint density at radius 1 is 1.43 bits per heavy atom. The Kier molecular flexibility index (Phi) is 7.95. The maximum atomic E-state index is 12.2. The predicted octanol–water partition coefficient (Wildman–Crippen LogP) is 1.90. The Morgan fingerprint density at radius 3 is 2.82 bits per heavy atom. The predicted molar refractivity (Wildman–Crippen MR) is 111 cm³/mol. The first-order valence-electron chi connectivity index (χ1n) is 8.79. The Hall–Kier alpha value is -2.45. The van der Waals surface area contributed by atoms with Gasteiger partial charge < -0.3 is 15.0 Å². The Labute approximate surface area is 174 Å². The van der Waals surface area contributed by atoms with Crippen LogP contribution in [0.25, 0.3) is 6.08 Å². The number of carbonyl (C=O) groups is 3. The van der Waals surface area contributed by atoms with Gasteiger partial charge in [-0.1, -0.05) is 29.8 Å². The fourth-order valence-electron chi connectivity index (χ4n) is 2.62. The number of piperazine rings is 1. The van der Waals surface area contributed by atoms with Crippen molar-refractivity contribution in [2.75, 3.05) is 13.1 Å². The zero-order chi connectivity index (χ0) is 20.7. The minimum Gasteiger partial charge on any atom is -0.463 e. The summed E-state index contributed by atoms with van der Waals surface area (Å²) < 4.78 is 5.11. The Bertz CT molecular complexity index is 797. The van der Waals surface area contributed by atoms with Crippen LogP contribution >= 0.6 is 23.8 Å². The number of amides is 2. The number of benzene rings is 1. The largest absolute Gasteiger partial charge is 0.463 e. The third kappa shape index (κ3) is 6.31. The molecule has 9 heteroatoms. The van der Waals surface area contributed by atoms with Crippen LogP contribution in [0.2, 0.25) is 5.02 Å². The van der Waals surface area contributed by atoms with Crippen molar-refractivity contribution < 1.29 is 19.1 Å². The molecule has 1 aliphatic rings. The number of nitrogens with one attached hydrogen (secondary N) is 2. The number of esters is 1. The lowest BCUT2D eigenvalue weighted by molar-refractivity contribution is -0.150. The van der Waals surface area contributed by atoms with Crippen LogP contribution in [0.3, 0.4) is 0 Å². The van der Waals surface area contributed by atoms with Crippen molar-refractivity contribution >= 4 is 52.8 Å². The van der Waals surface area contributed by atoms with Crippen LogP contribution in [0.5, 0.6) is 0 Å². The molecular formula is C19H22ClN3O4S. The van der Waals surface area contributed by atoms with Crippen molar-refractivity contribution in [2.45, 2.75) is 32.4 Å². The van der Waals surface area contributed by atoms with E-state index in [1.807, 2.05) is 0 Å². The molecule has 1 unspecified atom stereocenters. The zero-order valence-corrected chi connectivity index (χ0v) is 17.2. The topological polar surface area (TPSA) is 87.7 Å². The minimum atomic E-state index is -0.833. The van der Waals surface area contributed by atoms with Crippen molar-refractivity contribution in [2.24, 2.45) is 0 Å². The lowest BCUT2D eigenvalue weighted by Gasteiger charge is -2.36. The van der Waals surface area contributed by atoms with Gasteiger partial charge in [-0.05, 0) is 43.8 Å². The molecule has 28 heavy (non-hydrogen) atoms. The van der Waals surface area contributed by atoms with Gasteiger partial charge in [-0.3, -0.25) is 19.7 Å². The van der Waals surface area contributed by atoms with Gasteiger partial charge in [-0.2, -0.15) is 0 Å². The van der Waals surface area contributed by atoms with Gasteiger partial charge in [0.25, 0.3) is 0 Å². The molecule has 1 heterocycles. The summed E-state index contributed by atoms with van der Waals surface area (Å²) in [6, 6.07) is 6.26. The Morgan fingerprint density at radius 2 is 2.14 bits per heavy atom. The van der Waals surface area contributed by atoms with Crippen LogP contribution in [0, 0.1) is 0 Å². The van der Waals surface area contributed by atoms with Crippen LogP contribution < -0.4 is 10.6 Å². The average molecular weight is 424 g/mol. The van der Waals surface area contributed by atoms with Gasteiger partial charge in [0.15, 0.2) is 5.11 Å². The summed E-state index contributed by atoms with van der Waals surface area (Å²) in [5.74, 6) is -1.30. The second-order valence-corrected chi connectivity index (χ2v) is 7.19. The van der Waals surface area contributed by atoms with Crippen LogP contribution in [-0.4, -0.2) is 53.0 Å². The summed E-state index contributed by atoms with van der Waals surface area (Å²) in [4.78, 5) is 37.9. The third-order valence-electron chi connectivity index (χ3n) is 3.87. The molecule has 0 aromatic heterocycles. The van der Waals surface area contributed by atoms with Gasteiger partial charge in [0, 0.05) is 24.2 Å². The van der Waals surface area contributed by atoms with E-state index in [9.17, 15) is 14.4 Å². The number of ether oxygens (including phenoxy) is 1. The summed E-state index contributed by atoms with van der Waals surface area (Å²) in [5, 5.41) is 5.85. The molecule has 0 bridgehead atoms. The van der Waals surface area contributed by atoms with Crippen LogP contribution in [0.15, 0.2) is 30.3 Å². The summed E-state index contributed by atoms with van der Waals surface area (Å²) in [6.45, 7) is 4.19. The van der Waals surface area contributed by atoms with Gasteiger partial charge >= 0.3 is 5.97 Å². The van der Waals surface area contributed by atoms with E-state index >= 15 is 0 Å². The van der Waals surface area contributed by atoms with E-state index in [1.165, 1.54) is 11.0 Å². The minimum absolute atomic E-state index is 0.0750. The molecule has 2 rings (SSSR count). The molecule has 2 amide bonds. The van der Waals surface area contributed by atoms with Gasteiger partial charge in [0.05, 0.1) is 12.5 Å². The maximum Gasteiger partial charge on any atom is 0.308 e. The number of hydrogen-bond donors (Lipinski definition) is 2. The molecule has 150 valence electrons. The molecule has 1 aromatic rings. The van der Waals surface area contributed by atoms with Crippen molar-refractivity contribution in [3.8, 4) is 0 Å². The Balaban J connectivity index is 2.01. The second-order valence-electron chi connectivity index (χ2n) is 6.39. The first-order valence-corrected chi connectivity index (χ1v) is 9.58. The highest BCUT2D eigenvalue weighted by Gasteiger charge is 2.34. The summed E-state index contributed by atoms with van der Waals surface area (Å²) >= 11 is 11.3. The van der Waals surface area contributed by atoms with E-state index in [4.69, 9.17) is 28.6 Å². The average Bonchev–Trinajstić information content (AvgIpc) is 2.62. The maximum absolute atomic E-state index is 12.2. The first kappa shape index (κ1) is 21.8. The molecule has 0 spiro atoms. The number of carbonyl (C=O) groups excluding carboxylic acids is 3. The van der Waals surface area contributed by atoms with Crippen LogP contribution in [0.1, 0.15) is 25.8 Å². The van der Waals surface area contributed by atoms with Crippen molar-refractivity contribution in [3.05, 3.63) is 40.9 Å². The number of rotatable bonds is 5. The number of nitrogens with zero attached hydrogens (tertiary/aromatic N) is 1. The molecule has 1 fully saturated rings. The molecule has 0 radical (unpaired) electrons. The lowest BCUT2D eigenvalue weighted by atomic mass is 10.1. The number of thiocarbonyl (C=S) groups is 1. The highest BCUT2D eigenvalue weighted by atomic mass is 35.5. The van der Waals surface area contributed by atoms with Crippen molar-refractivity contribution in [1.29, 1.82) is 0 Å². The fraction of sp³-hybridized carbons (Fsp3) is 0.368. The van der Waals surface area contributed by atoms with Crippen LogP contribution in [-0.2, 0) is 19.1 Å². The summed E-state index contributed by atoms with van der Waals surface area (Å²) in [7, 11) is 0. The van der Waals surface area contributed by atoms with Gasteiger partial charge in [0.1, 0.15) is 6.04 Å². The highest BCUT2D eigenvalue weighted by molar-refractivity contribution is 7.80. The molecule has 0 aliphatic carbocycles. The van der Waals surface area contributed by atoms with E-state index in [2.05, 4.69) is 10.6 Å². The van der Waals surface area contributed by atoms with Crippen molar-refractivity contribution in [1.82, 2.24) is 15.5 Å². The lowest BCUT2D eigenvalue weighted by Crippen LogP contribution is -2.60. The molecule has 1 aromatic carbocycles. The molecule has 1 saturated heterocycles. The molecule has 2 N–H and O–H groups in total. The van der Waals surface area contributed by atoms with Gasteiger partial charge in [-0.15, -0.1) is 0 Å². The molecule has 7 nitrogen and oxygen atoms in total. The summed E-state index contributed by atoms with van der Waals surface area (Å²) in [6.07, 6.45) is 2.43. The smallest absolute Gasteiger partial charge is 0.308 e. The number of halogens is 1. The van der Waals surface area contributed by atoms with Gasteiger partial charge in [0.2, 0.25) is 11.8 Å². The van der Waals surface area contributed by atoms with E-state index in [-0.39, 0.29) is 23.5 Å². The quantitative estimate of drug-likeness (QED) is 0.427. The summed E-state index contributed by atoms with van der Waals surface area (Å²) in [5.41, 5.74) is 0.692. The SMILES string of the molecule is CC(C)OC(=O)CC1C(=O)NCCN1C(=S)NC(=O)/C=C/c1ccccc1Cl.